The summed E-state index contributed by atoms with van der Waals surface area (Å²) in [6.45, 7) is 2.39. The number of rotatable bonds is 7. The third-order valence-electron chi connectivity index (χ3n) is 3.41. The number of hydrogen-bond acceptors (Lipinski definition) is 5. The molecule has 7 nitrogen and oxygen atoms in total. The number of nitrogens with one attached hydrogen (secondary N) is 1. The maximum absolute atomic E-state index is 12.1. The van der Waals surface area contributed by atoms with Gasteiger partial charge in [0.2, 0.25) is 5.91 Å². The van der Waals surface area contributed by atoms with E-state index in [9.17, 15) is 9.59 Å². The van der Waals surface area contributed by atoms with E-state index in [1.807, 2.05) is 19.1 Å². The molecule has 0 fully saturated rings. The first-order valence-electron chi connectivity index (χ1n) is 7.66. The lowest BCUT2D eigenvalue weighted by atomic mass is 10.1. The van der Waals surface area contributed by atoms with E-state index in [4.69, 9.17) is 9.47 Å². The molecule has 128 valence electrons. The second-order valence-corrected chi connectivity index (χ2v) is 5.14. The fraction of sp³-hybridized carbons (Fsp3) is 0.353. The topological polar surface area (TPSA) is 82.5 Å². The molecule has 0 saturated heterocycles. The molecule has 24 heavy (non-hydrogen) atoms. The van der Waals surface area contributed by atoms with Crippen molar-refractivity contribution in [3.8, 4) is 22.8 Å². The average molecular weight is 331 g/mol. The minimum absolute atomic E-state index is 0.133. The van der Waals surface area contributed by atoms with Gasteiger partial charge >= 0.3 is 0 Å². The molecule has 0 bridgehead atoms. The van der Waals surface area contributed by atoms with Crippen molar-refractivity contribution in [2.75, 3.05) is 20.8 Å². The van der Waals surface area contributed by atoms with Crippen molar-refractivity contribution < 1.29 is 14.3 Å². The van der Waals surface area contributed by atoms with Crippen LogP contribution in [0.5, 0.6) is 11.5 Å². The van der Waals surface area contributed by atoms with Crippen LogP contribution >= 0.6 is 0 Å². The molecule has 0 spiro atoms. The van der Waals surface area contributed by atoms with Gasteiger partial charge in [0.1, 0.15) is 18.0 Å². The Bertz CT molecular complexity index is 753. The third kappa shape index (κ3) is 4.13. The van der Waals surface area contributed by atoms with Gasteiger partial charge in [-0.3, -0.25) is 9.59 Å². The monoisotopic (exact) mass is 331 g/mol. The fourth-order valence-electron chi connectivity index (χ4n) is 2.15. The Kier molecular flexibility index (Phi) is 5.95. The summed E-state index contributed by atoms with van der Waals surface area (Å²) in [6, 6.07) is 8.55. The number of hydrogen-bond donors (Lipinski definition) is 1. The predicted molar refractivity (Wildman–Crippen MR) is 90.3 cm³/mol. The van der Waals surface area contributed by atoms with E-state index < -0.39 is 5.56 Å². The highest BCUT2D eigenvalue weighted by atomic mass is 16.5. The lowest BCUT2D eigenvalue weighted by Crippen LogP contribution is -2.34. The molecule has 1 aromatic heterocycles. The normalized spacial score (nSPS) is 10.3. The van der Waals surface area contributed by atoms with E-state index in [1.54, 1.807) is 19.2 Å². The van der Waals surface area contributed by atoms with Crippen LogP contribution in [0.15, 0.2) is 35.1 Å². The number of carbonyl (C=O) groups is 1. The molecular formula is C17H21N3O4. The highest BCUT2D eigenvalue weighted by molar-refractivity contribution is 5.75. The predicted octanol–water partition coefficient (Wildman–Crippen LogP) is 1.45. The van der Waals surface area contributed by atoms with Crippen LogP contribution in [-0.2, 0) is 11.3 Å². The number of ether oxygens (including phenoxy) is 2. The number of benzene rings is 1. The van der Waals surface area contributed by atoms with Gasteiger partial charge in [0.25, 0.3) is 5.56 Å². The quantitative estimate of drug-likeness (QED) is 0.830. The molecule has 2 aromatic rings. The van der Waals surface area contributed by atoms with Crippen LogP contribution in [-0.4, -0.2) is 36.5 Å². The lowest BCUT2D eigenvalue weighted by molar-refractivity contribution is -0.121. The molecule has 0 aliphatic carbocycles. The molecule has 2 rings (SSSR count). The molecule has 1 N–H and O–H groups in total. The van der Waals surface area contributed by atoms with Gasteiger partial charge in [0, 0.05) is 18.2 Å². The molecule has 0 unspecified atom stereocenters. The highest BCUT2D eigenvalue weighted by Crippen LogP contribution is 2.27. The first-order valence-corrected chi connectivity index (χ1v) is 7.66. The smallest absolute Gasteiger partial charge is 0.270 e. The Labute approximate surface area is 140 Å². The zero-order valence-corrected chi connectivity index (χ0v) is 14.0. The van der Waals surface area contributed by atoms with Crippen LogP contribution < -0.4 is 20.3 Å². The van der Waals surface area contributed by atoms with Crippen molar-refractivity contribution in [2.45, 2.75) is 19.9 Å². The summed E-state index contributed by atoms with van der Waals surface area (Å²) < 4.78 is 11.5. The Hall–Kier alpha value is -2.83. The van der Waals surface area contributed by atoms with Crippen molar-refractivity contribution in [2.24, 2.45) is 0 Å². The highest BCUT2D eigenvalue weighted by Gasteiger charge is 2.13. The van der Waals surface area contributed by atoms with Crippen molar-refractivity contribution in [3.05, 3.63) is 40.7 Å². The summed E-state index contributed by atoms with van der Waals surface area (Å²) in [6.07, 6.45) is 0.827. The van der Waals surface area contributed by atoms with E-state index in [0.717, 1.165) is 16.7 Å². The Morgan fingerprint density at radius 1 is 1.21 bits per heavy atom. The van der Waals surface area contributed by atoms with Crippen molar-refractivity contribution in [1.82, 2.24) is 15.1 Å². The second kappa shape index (κ2) is 8.14. The number of nitrogens with zero attached hydrogens (tertiary/aromatic N) is 2. The first-order chi connectivity index (χ1) is 11.6. The van der Waals surface area contributed by atoms with Gasteiger partial charge in [-0.25, -0.2) is 4.68 Å². The Morgan fingerprint density at radius 2 is 1.92 bits per heavy atom. The molecule has 1 heterocycles. The molecule has 0 saturated carbocycles. The maximum Gasteiger partial charge on any atom is 0.270 e. The molecular weight excluding hydrogens is 310 g/mol. The van der Waals surface area contributed by atoms with Crippen LogP contribution in [0, 0.1) is 0 Å². The van der Waals surface area contributed by atoms with Gasteiger partial charge in [0.15, 0.2) is 5.75 Å². The van der Waals surface area contributed by atoms with E-state index in [0.29, 0.717) is 23.7 Å². The van der Waals surface area contributed by atoms with Crippen LogP contribution in [0.25, 0.3) is 11.3 Å². The van der Waals surface area contributed by atoms with Gasteiger partial charge in [-0.1, -0.05) is 6.92 Å². The fourth-order valence-corrected chi connectivity index (χ4v) is 2.15. The summed E-state index contributed by atoms with van der Waals surface area (Å²) in [5, 5.41) is 7.02. The maximum atomic E-state index is 12.1. The van der Waals surface area contributed by atoms with Crippen molar-refractivity contribution >= 4 is 5.91 Å². The zero-order chi connectivity index (χ0) is 17.5. The molecule has 0 atom stereocenters. The summed E-state index contributed by atoms with van der Waals surface area (Å²) in [7, 11) is 3.06. The molecule has 7 heteroatoms. The van der Waals surface area contributed by atoms with Crippen LogP contribution in [0.2, 0.25) is 0 Å². The largest absolute Gasteiger partial charge is 0.497 e. The molecule has 1 amide bonds. The summed E-state index contributed by atoms with van der Waals surface area (Å²) in [5.41, 5.74) is 0.856. The van der Waals surface area contributed by atoms with Crippen LogP contribution in [0.3, 0.4) is 0 Å². The lowest BCUT2D eigenvalue weighted by Gasteiger charge is -2.11. The number of amides is 1. The van der Waals surface area contributed by atoms with E-state index >= 15 is 0 Å². The van der Waals surface area contributed by atoms with Gasteiger partial charge < -0.3 is 14.8 Å². The summed E-state index contributed by atoms with van der Waals surface area (Å²) in [5.74, 6) is 0.817. The van der Waals surface area contributed by atoms with E-state index in [2.05, 4.69) is 10.4 Å². The molecule has 1 aromatic carbocycles. The first kappa shape index (κ1) is 17.5. The Balaban J connectivity index is 2.37. The SMILES string of the molecule is CCCNC(=O)Cn1nc(-c2ccc(OC)cc2)c(OC)cc1=O. The average Bonchev–Trinajstić information content (AvgIpc) is 2.61. The molecule has 0 aliphatic rings. The second-order valence-electron chi connectivity index (χ2n) is 5.14. The summed E-state index contributed by atoms with van der Waals surface area (Å²) in [4.78, 5) is 24.0. The number of methoxy groups -OCH3 is 2. The number of aromatic nitrogens is 2. The van der Waals surface area contributed by atoms with Gasteiger partial charge in [-0.15, -0.1) is 0 Å². The van der Waals surface area contributed by atoms with E-state index in [1.165, 1.54) is 13.2 Å². The minimum Gasteiger partial charge on any atom is -0.497 e. The Morgan fingerprint density at radius 3 is 2.50 bits per heavy atom. The minimum atomic E-state index is -0.393. The van der Waals surface area contributed by atoms with E-state index in [-0.39, 0.29) is 12.5 Å². The standard InChI is InChI=1S/C17H21N3O4/c1-4-9-18-15(21)11-20-16(22)10-14(24-3)17(19-20)12-5-7-13(23-2)8-6-12/h5-8,10H,4,9,11H2,1-3H3,(H,18,21). The van der Waals surface area contributed by atoms with Crippen molar-refractivity contribution in [3.63, 3.8) is 0 Å². The van der Waals surface area contributed by atoms with Gasteiger partial charge in [-0.05, 0) is 30.7 Å². The summed E-state index contributed by atoms with van der Waals surface area (Å²) >= 11 is 0. The third-order valence-corrected chi connectivity index (χ3v) is 3.41. The van der Waals surface area contributed by atoms with Gasteiger partial charge in [-0.2, -0.15) is 5.10 Å². The zero-order valence-electron chi connectivity index (χ0n) is 14.0. The van der Waals surface area contributed by atoms with Gasteiger partial charge in [0.05, 0.1) is 14.2 Å². The van der Waals surface area contributed by atoms with Crippen LogP contribution in [0.1, 0.15) is 13.3 Å². The molecule has 0 radical (unpaired) electrons. The number of carbonyl (C=O) groups excluding carboxylic acids is 1. The van der Waals surface area contributed by atoms with Crippen LogP contribution in [0.4, 0.5) is 0 Å². The van der Waals surface area contributed by atoms with Crippen molar-refractivity contribution in [1.29, 1.82) is 0 Å². The molecule has 0 aliphatic heterocycles.